The van der Waals surface area contributed by atoms with Crippen LogP contribution in [0.15, 0.2) is 42.5 Å². The van der Waals surface area contributed by atoms with Gasteiger partial charge in [-0.1, -0.05) is 18.2 Å². The van der Waals surface area contributed by atoms with Gasteiger partial charge in [0.1, 0.15) is 5.82 Å². The van der Waals surface area contributed by atoms with Crippen LogP contribution in [0, 0.1) is 12.7 Å². The van der Waals surface area contributed by atoms with Crippen LogP contribution in [0.5, 0.6) is 0 Å². The van der Waals surface area contributed by atoms with Crippen molar-refractivity contribution in [3.8, 4) is 0 Å². The highest BCUT2D eigenvalue weighted by atomic mass is 19.1. The quantitative estimate of drug-likeness (QED) is 0.724. The number of anilines is 1. The van der Waals surface area contributed by atoms with Crippen LogP contribution in [0.2, 0.25) is 0 Å². The average Bonchev–Trinajstić information content (AvgIpc) is 2.81. The number of aliphatic hydroxyl groups is 1. The second kappa shape index (κ2) is 10.5. The Kier molecular flexibility index (Phi) is 7.43. The Morgan fingerprint density at radius 2 is 1.72 bits per heavy atom. The number of carbonyl (C=O) groups is 1. The molecule has 0 spiro atoms. The van der Waals surface area contributed by atoms with E-state index in [2.05, 4.69) is 34.5 Å². The SMILES string of the molecule is Cc1ccc(F)cc1CNC1CCN(c2ccc(CC(=O)N3CCC(O)CC3)cc2)CC1. The van der Waals surface area contributed by atoms with Crippen LogP contribution in [-0.4, -0.2) is 54.2 Å². The number of piperidine rings is 2. The first-order chi connectivity index (χ1) is 15.5. The third-order valence-corrected chi connectivity index (χ3v) is 6.86. The number of likely N-dealkylation sites (tertiary alicyclic amines) is 1. The summed E-state index contributed by atoms with van der Waals surface area (Å²) in [6, 6.07) is 13.8. The van der Waals surface area contributed by atoms with Gasteiger partial charge in [0.15, 0.2) is 0 Å². The van der Waals surface area contributed by atoms with Gasteiger partial charge in [0.2, 0.25) is 5.91 Å². The van der Waals surface area contributed by atoms with E-state index in [1.165, 1.54) is 11.8 Å². The molecule has 6 heteroatoms. The summed E-state index contributed by atoms with van der Waals surface area (Å²) in [7, 11) is 0. The molecule has 172 valence electrons. The van der Waals surface area contributed by atoms with Crippen molar-refractivity contribution >= 4 is 11.6 Å². The van der Waals surface area contributed by atoms with Crippen LogP contribution in [0.4, 0.5) is 10.1 Å². The summed E-state index contributed by atoms with van der Waals surface area (Å²) in [5, 5.41) is 13.2. The van der Waals surface area contributed by atoms with Crippen molar-refractivity contribution in [2.24, 2.45) is 0 Å². The minimum absolute atomic E-state index is 0.144. The van der Waals surface area contributed by atoms with Crippen molar-refractivity contribution in [3.05, 3.63) is 65.0 Å². The van der Waals surface area contributed by atoms with Gasteiger partial charge in [-0.05, 0) is 73.6 Å². The molecule has 0 aliphatic carbocycles. The van der Waals surface area contributed by atoms with Gasteiger partial charge in [-0.3, -0.25) is 4.79 Å². The van der Waals surface area contributed by atoms with E-state index in [0.717, 1.165) is 42.6 Å². The van der Waals surface area contributed by atoms with Crippen LogP contribution in [0.1, 0.15) is 42.4 Å². The van der Waals surface area contributed by atoms with Gasteiger partial charge in [0.05, 0.1) is 12.5 Å². The van der Waals surface area contributed by atoms with Gasteiger partial charge in [-0.25, -0.2) is 4.39 Å². The molecule has 0 radical (unpaired) electrons. The van der Waals surface area contributed by atoms with Crippen molar-refractivity contribution in [2.45, 2.75) is 57.7 Å². The maximum absolute atomic E-state index is 13.5. The predicted molar refractivity (Wildman–Crippen MR) is 125 cm³/mol. The lowest BCUT2D eigenvalue weighted by Gasteiger charge is -2.34. The molecule has 0 unspecified atom stereocenters. The van der Waals surface area contributed by atoms with Gasteiger partial charge in [0, 0.05) is 44.5 Å². The first kappa shape index (κ1) is 22.7. The Hall–Kier alpha value is -2.44. The molecule has 2 heterocycles. The van der Waals surface area contributed by atoms with E-state index in [1.807, 2.05) is 17.9 Å². The molecule has 0 atom stereocenters. The molecule has 4 rings (SSSR count). The molecule has 2 N–H and O–H groups in total. The molecule has 2 aliphatic rings. The minimum Gasteiger partial charge on any atom is -0.393 e. The zero-order chi connectivity index (χ0) is 22.5. The fraction of sp³-hybridized carbons (Fsp3) is 0.500. The van der Waals surface area contributed by atoms with Crippen LogP contribution in [0.25, 0.3) is 0 Å². The normalized spacial score (nSPS) is 18.2. The molecule has 2 saturated heterocycles. The van der Waals surface area contributed by atoms with Crippen molar-refractivity contribution < 1.29 is 14.3 Å². The molecule has 2 aromatic rings. The van der Waals surface area contributed by atoms with Gasteiger partial charge in [0.25, 0.3) is 0 Å². The number of aryl methyl sites for hydroxylation is 1. The Labute approximate surface area is 190 Å². The topological polar surface area (TPSA) is 55.8 Å². The molecule has 1 amide bonds. The van der Waals surface area contributed by atoms with Gasteiger partial charge in [-0.2, -0.15) is 0 Å². The molecule has 0 bridgehead atoms. The van der Waals surface area contributed by atoms with E-state index in [9.17, 15) is 14.3 Å². The highest BCUT2D eigenvalue weighted by molar-refractivity contribution is 5.79. The molecule has 0 saturated carbocycles. The summed E-state index contributed by atoms with van der Waals surface area (Å²) in [6.07, 6.45) is 3.62. The second-order valence-corrected chi connectivity index (χ2v) is 9.17. The maximum atomic E-state index is 13.5. The third kappa shape index (κ3) is 5.87. The highest BCUT2D eigenvalue weighted by Crippen LogP contribution is 2.22. The lowest BCUT2D eigenvalue weighted by atomic mass is 10.0. The third-order valence-electron chi connectivity index (χ3n) is 6.86. The van der Waals surface area contributed by atoms with Gasteiger partial charge < -0.3 is 20.2 Å². The summed E-state index contributed by atoms with van der Waals surface area (Å²) in [4.78, 5) is 16.8. The lowest BCUT2D eigenvalue weighted by Crippen LogP contribution is -2.42. The smallest absolute Gasteiger partial charge is 0.226 e. The number of rotatable bonds is 6. The van der Waals surface area contributed by atoms with Crippen LogP contribution in [0.3, 0.4) is 0 Å². The Bertz CT molecular complexity index is 902. The number of nitrogens with zero attached hydrogens (tertiary/aromatic N) is 2. The average molecular weight is 440 g/mol. The van der Waals surface area contributed by atoms with Crippen LogP contribution < -0.4 is 10.2 Å². The molecule has 5 nitrogen and oxygen atoms in total. The molecule has 2 aromatic carbocycles. The summed E-state index contributed by atoms with van der Waals surface area (Å²) < 4.78 is 13.5. The second-order valence-electron chi connectivity index (χ2n) is 9.17. The summed E-state index contributed by atoms with van der Waals surface area (Å²) in [5.41, 5.74) is 4.37. The summed E-state index contributed by atoms with van der Waals surface area (Å²) >= 11 is 0. The number of hydrogen-bond donors (Lipinski definition) is 2. The minimum atomic E-state index is -0.261. The molecular formula is C26H34FN3O2. The number of carbonyl (C=O) groups excluding carboxylic acids is 1. The Balaban J connectivity index is 1.23. The molecule has 2 aliphatic heterocycles. The zero-order valence-corrected chi connectivity index (χ0v) is 18.9. The zero-order valence-electron chi connectivity index (χ0n) is 18.9. The van der Waals surface area contributed by atoms with Gasteiger partial charge in [-0.15, -0.1) is 0 Å². The summed E-state index contributed by atoms with van der Waals surface area (Å²) in [5.74, 6) is -0.0350. The lowest BCUT2D eigenvalue weighted by molar-refractivity contribution is -0.132. The van der Waals surface area contributed by atoms with E-state index < -0.39 is 0 Å². The first-order valence-electron chi connectivity index (χ1n) is 11.8. The van der Waals surface area contributed by atoms with E-state index >= 15 is 0 Å². The van der Waals surface area contributed by atoms with Gasteiger partial charge >= 0.3 is 0 Å². The highest BCUT2D eigenvalue weighted by Gasteiger charge is 2.22. The van der Waals surface area contributed by atoms with E-state index in [4.69, 9.17) is 0 Å². The number of aliphatic hydroxyl groups excluding tert-OH is 1. The fourth-order valence-corrected chi connectivity index (χ4v) is 4.65. The number of halogens is 1. The predicted octanol–water partition coefficient (Wildman–Crippen LogP) is 3.42. The van der Waals surface area contributed by atoms with E-state index in [0.29, 0.717) is 44.9 Å². The van der Waals surface area contributed by atoms with E-state index in [1.54, 1.807) is 6.07 Å². The number of nitrogens with one attached hydrogen (secondary N) is 1. The Morgan fingerprint density at radius 3 is 2.41 bits per heavy atom. The standard InChI is InChI=1S/C26H34FN3O2/c1-19-2-5-22(27)17-21(19)18-28-23-8-12-29(13-9-23)24-6-3-20(4-7-24)16-26(32)30-14-10-25(31)11-15-30/h2-7,17,23,25,28,31H,8-16,18H2,1H3. The maximum Gasteiger partial charge on any atom is 0.226 e. The first-order valence-corrected chi connectivity index (χ1v) is 11.8. The molecule has 0 aromatic heterocycles. The number of benzene rings is 2. The van der Waals surface area contributed by atoms with Crippen molar-refractivity contribution in [3.63, 3.8) is 0 Å². The number of amides is 1. The van der Waals surface area contributed by atoms with Crippen molar-refractivity contribution in [1.82, 2.24) is 10.2 Å². The van der Waals surface area contributed by atoms with E-state index in [-0.39, 0.29) is 17.8 Å². The largest absolute Gasteiger partial charge is 0.393 e. The van der Waals surface area contributed by atoms with Crippen LogP contribution >= 0.6 is 0 Å². The van der Waals surface area contributed by atoms with Crippen molar-refractivity contribution in [2.75, 3.05) is 31.1 Å². The molecule has 32 heavy (non-hydrogen) atoms. The molecular weight excluding hydrogens is 405 g/mol. The van der Waals surface area contributed by atoms with Crippen LogP contribution in [-0.2, 0) is 17.8 Å². The fourth-order valence-electron chi connectivity index (χ4n) is 4.65. The van der Waals surface area contributed by atoms with Crippen molar-refractivity contribution in [1.29, 1.82) is 0 Å². The number of hydrogen-bond acceptors (Lipinski definition) is 4. The Morgan fingerprint density at radius 1 is 1.03 bits per heavy atom. The molecule has 2 fully saturated rings. The monoisotopic (exact) mass is 439 g/mol. The summed E-state index contributed by atoms with van der Waals surface area (Å²) in [6.45, 7) is 5.99.